The van der Waals surface area contributed by atoms with Gasteiger partial charge >= 0.3 is 5.97 Å². The van der Waals surface area contributed by atoms with Crippen molar-refractivity contribution in [2.45, 2.75) is 110 Å². The Balaban J connectivity index is 1.54. The van der Waals surface area contributed by atoms with Crippen LogP contribution in [0, 0.1) is 0 Å². The fourth-order valence-corrected chi connectivity index (χ4v) is 5.62. The van der Waals surface area contributed by atoms with Gasteiger partial charge in [0.05, 0.1) is 10.6 Å². The number of hydrogen-bond acceptors (Lipinski definition) is 7. The fraction of sp³-hybridized carbons (Fsp3) is 0.692. The molecule has 7 heteroatoms. The summed E-state index contributed by atoms with van der Waals surface area (Å²) in [6, 6.07) is 0. The number of carbonyl (C=O) groups is 1. The van der Waals surface area contributed by atoms with Crippen LogP contribution in [0.2, 0.25) is 0 Å². The molecule has 3 N–H and O–H groups in total. The molecule has 5 nitrogen and oxygen atoms in total. The van der Waals surface area contributed by atoms with Crippen LogP contribution in [0.1, 0.15) is 109 Å². The number of nitrogens with zero attached hydrogens (tertiary/aromatic N) is 1. The highest BCUT2D eigenvalue weighted by Crippen LogP contribution is 2.38. The van der Waals surface area contributed by atoms with Gasteiger partial charge in [0.2, 0.25) is 0 Å². The Bertz CT molecular complexity index is 788. The lowest BCUT2D eigenvalue weighted by molar-refractivity contribution is -0.131. The number of aromatic nitrogens is 1. The van der Waals surface area contributed by atoms with Crippen molar-refractivity contribution in [2.75, 3.05) is 12.3 Å². The van der Waals surface area contributed by atoms with Gasteiger partial charge in [0.15, 0.2) is 5.13 Å². The number of hydrogen-bond donors (Lipinski definition) is 2. The summed E-state index contributed by atoms with van der Waals surface area (Å²) in [5, 5.41) is 7.91. The van der Waals surface area contributed by atoms with Gasteiger partial charge in [-0.1, -0.05) is 90.4 Å². The molecular formula is C26H43N3O2S2. The highest BCUT2D eigenvalue weighted by Gasteiger charge is 2.17. The molecule has 0 bridgehead atoms. The van der Waals surface area contributed by atoms with Crippen molar-refractivity contribution in [3.8, 4) is 16.3 Å². The van der Waals surface area contributed by atoms with Crippen LogP contribution in [0.4, 0.5) is 5.13 Å². The lowest BCUT2D eigenvalue weighted by Gasteiger charge is -2.08. The Morgan fingerprint density at radius 2 is 1.48 bits per heavy atom. The molecule has 0 saturated carbocycles. The highest BCUT2D eigenvalue weighted by atomic mass is 32.1. The zero-order chi connectivity index (χ0) is 23.7. The van der Waals surface area contributed by atoms with Gasteiger partial charge in [0.1, 0.15) is 5.75 Å². The van der Waals surface area contributed by atoms with Gasteiger partial charge in [0.25, 0.3) is 0 Å². The van der Waals surface area contributed by atoms with Gasteiger partial charge in [0, 0.05) is 29.8 Å². The topological polar surface area (TPSA) is 77.2 Å². The van der Waals surface area contributed by atoms with Crippen molar-refractivity contribution in [1.29, 1.82) is 0 Å². The molecule has 2 aromatic heterocycles. The Labute approximate surface area is 208 Å². The maximum absolute atomic E-state index is 11.5. The molecule has 0 aromatic carbocycles. The third kappa shape index (κ3) is 11.5. The molecule has 0 aliphatic rings. The Kier molecular flexibility index (Phi) is 14.4. The largest absolute Gasteiger partial charge is 0.425 e. The number of nitrogens with two attached hydrogens (primary N) is 1. The van der Waals surface area contributed by atoms with E-state index < -0.39 is 0 Å². The zero-order valence-electron chi connectivity index (χ0n) is 20.6. The van der Waals surface area contributed by atoms with Crippen LogP contribution in [0.25, 0.3) is 10.6 Å². The van der Waals surface area contributed by atoms with Gasteiger partial charge in [-0.25, -0.2) is 4.98 Å². The first-order valence-corrected chi connectivity index (χ1v) is 14.6. The monoisotopic (exact) mass is 493 g/mol. The number of carbonyl (C=O) groups excluding carboxylic acids is 1. The van der Waals surface area contributed by atoms with Crippen LogP contribution in [-0.4, -0.2) is 17.5 Å². The molecule has 33 heavy (non-hydrogen) atoms. The lowest BCUT2D eigenvalue weighted by Crippen LogP contribution is -2.16. The van der Waals surface area contributed by atoms with Crippen LogP contribution in [0.15, 0.2) is 10.8 Å². The summed E-state index contributed by atoms with van der Waals surface area (Å²) < 4.78 is 5.41. The summed E-state index contributed by atoms with van der Waals surface area (Å²) in [5.74, 6) is 0.327. The van der Waals surface area contributed by atoms with Gasteiger partial charge in [-0.05, 0) is 13.0 Å². The van der Waals surface area contributed by atoms with E-state index >= 15 is 0 Å². The molecule has 0 aliphatic carbocycles. The standard InChI is InChI=1S/C26H43N3O2S2/c1-3-4-5-6-7-8-9-10-11-12-13-14-15-16-17-28-18-22-24(31-21(2)30)20-32-25(22)23-19-33-26(27)29-23/h19-20,28H,3-18H2,1-2H3,(H2,27,29). The van der Waals surface area contributed by atoms with E-state index in [0.29, 0.717) is 17.4 Å². The minimum Gasteiger partial charge on any atom is -0.425 e. The number of anilines is 1. The predicted octanol–water partition coefficient (Wildman–Crippen LogP) is 7.95. The van der Waals surface area contributed by atoms with E-state index in [4.69, 9.17) is 10.5 Å². The molecule has 186 valence electrons. The molecule has 2 rings (SSSR count). The van der Waals surface area contributed by atoms with Crippen molar-refractivity contribution in [2.24, 2.45) is 0 Å². The summed E-state index contributed by atoms with van der Waals surface area (Å²) in [6.07, 6.45) is 19.2. The smallest absolute Gasteiger partial charge is 0.308 e. The van der Waals surface area contributed by atoms with E-state index in [0.717, 1.165) is 22.7 Å². The van der Waals surface area contributed by atoms with E-state index in [1.807, 2.05) is 10.8 Å². The molecule has 0 saturated heterocycles. The Hall–Kier alpha value is -1.44. The number of nitrogen functional groups attached to an aromatic ring is 1. The van der Waals surface area contributed by atoms with Crippen molar-refractivity contribution in [3.05, 3.63) is 16.3 Å². The van der Waals surface area contributed by atoms with Gasteiger partial charge in [-0.15, -0.1) is 22.7 Å². The van der Waals surface area contributed by atoms with Gasteiger partial charge in [-0.3, -0.25) is 4.79 Å². The maximum Gasteiger partial charge on any atom is 0.308 e. The number of esters is 1. The van der Waals surface area contributed by atoms with Gasteiger partial charge in [-0.2, -0.15) is 0 Å². The minimum atomic E-state index is -0.301. The molecule has 0 spiro atoms. The summed E-state index contributed by atoms with van der Waals surface area (Å²) in [4.78, 5) is 16.9. The van der Waals surface area contributed by atoms with Crippen LogP contribution in [0.5, 0.6) is 5.75 Å². The first kappa shape index (κ1) is 27.8. The average molecular weight is 494 g/mol. The molecular weight excluding hydrogens is 450 g/mol. The molecule has 0 aliphatic heterocycles. The second-order valence-corrected chi connectivity index (χ2v) is 10.6. The fourth-order valence-electron chi connectivity index (χ4n) is 4.04. The Morgan fingerprint density at radius 3 is 2.00 bits per heavy atom. The number of nitrogens with one attached hydrogen (secondary N) is 1. The molecule has 0 amide bonds. The number of ether oxygens (including phenoxy) is 1. The quantitative estimate of drug-likeness (QED) is 0.153. The molecule has 0 radical (unpaired) electrons. The number of unbranched alkanes of at least 4 members (excludes halogenated alkanes) is 13. The predicted molar refractivity (Wildman–Crippen MR) is 143 cm³/mol. The summed E-state index contributed by atoms with van der Waals surface area (Å²) >= 11 is 2.97. The number of thiazole rings is 1. The second-order valence-electron chi connectivity index (χ2n) is 8.85. The lowest BCUT2D eigenvalue weighted by atomic mass is 10.0. The number of rotatable bonds is 19. The van der Waals surface area contributed by atoms with E-state index in [-0.39, 0.29) is 5.97 Å². The van der Waals surface area contributed by atoms with E-state index in [1.54, 1.807) is 11.3 Å². The van der Waals surface area contributed by atoms with Crippen molar-refractivity contribution in [3.63, 3.8) is 0 Å². The number of thiophene rings is 1. The van der Waals surface area contributed by atoms with Crippen LogP contribution in [0.3, 0.4) is 0 Å². The van der Waals surface area contributed by atoms with Crippen molar-refractivity contribution >= 4 is 33.8 Å². The second kappa shape index (κ2) is 17.1. The molecule has 0 unspecified atom stereocenters. The summed E-state index contributed by atoms with van der Waals surface area (Å²) in [5.41, 5.74) is 7.65. The molecule has 0 atom stereocenters. The van der Waals surface area contributed by atoms with E-state index in [1.165, 1.54) is 108 Å². The third-order valence-corrected chi connectivity index (χ3v) is 7.57. The highest BCUT2D eigenvalue weighted by molar-refractivity contribution is 7.16. The normalized spacial score (nSPS) is 11.2. The zero-order valence-corrected chi connectivity index (χ0v) is 22.3. The SMILES string of the molecule is CCCCCCCCCCCCCCCCNCc1c(OC(C)=O)csc1-c1csc(N)n1. The maximum atomic E-state index is 11.5. The molecule has 2 aromatic rings. The molecule has 0 fully saturated rings. The van der Waals surface area contributed by atoms with Crippen LogP contribution in [-0.2, 0) is 11.3 Å². The first-order chi connectivity index (χ1) is 16.1. The third-order valence-electron chi connectivity index (χ3n) is 5.87. The molecule has 2 heterocycles. The van der Waals surface area contributed by atoms with Crippen LogP contribution < -0.4 is 15.8 Å². The summed E-state index contributed by atoms with van der Waals surface area (Å²) in [7, 11) is 0. The van der Waals surface area contributed by atoms with Crippen molar-refractivity contribution < 1.29 is 9.53 Å². The van der Waals surface area contributed by atoms with Crippen LogP contribution >= 0.6 is 22.7 Å². The van der Waals surface area contributed by atoms with E-state index in [9.17, 15) is 4.79 Å². The Morgan fingerprint density at radius 1 is 0.909 bits per heavy atom. The first-order valence-electron chi connectivity index (χ1n) is 12.8. The van der Waals surface area contributed by atoms with Gasteiger partial charge < -0.3 is 15.8 Å². The average Bonchev–Trinajstić information content (AvgIpc) is 3.39. The van der Waals surface area contributed by atoms with Crippen molar-refractivity contribution in [1.82, 2.24) is 10.3 Å². The summed E-state index contributed by atoms with van der Waals surface area (Å²) in [6.45, 7) is 5.34. The minimum absolute atomic E-state index is 0.301. The van der Waals surface area contributed by atoms with E-state index in [2.05, 4.69) is 17.2 Å².